The Kier molecular flexibility index (Phi) is 8.08. The summed E-state index contributed by atoms with van der Waals surface area (Å²) in [7, 11) is -6.04. The number of rotatable bonds is 8. The van der Waals surface area contributed by atoms with Gasteiger partial charge in [-0.15, -0.1) is 0 Å². The molecule has 32 heavy (non-hydrogen) atoms. The summed E-state index contributed by atoms with van der Waals surface area (Å²) < 4.78 is 27.5. The van der Waals surface area contributed by atoms with E-state index in [9.17, 15) is 9.59 Å². The Hall–Kier alpha value is -0.829. The van der Waals surface area contributed by atoms with E-state index >= 15 is 0 Å². The zero-order valence-electron chi connectivity index (χ0n) is 21.6. The fraction of sp³-hybridized carbons (Fsp3) is 0.810. The van der Waals surface area contributed by atoms with Gasteiger partial charge in [-0.2, -0.15) is 0 Å². The molecule has 0 aromatic carbocycles. The molecule has 2 rings (SSSR count). The highest BCUT2D eigenvalue weighted by atomic mass is 28.4. The number of hydrogen-bond acceptors (Lipinski definition) is 6. The van der Waals surface area contributed by atoms with Gasteiger partial charge in [-0.25, -0.2) is 4.79 Å². The number of aromatic nitrogens is 2. The molecule has 184 valence electrons. The molecular weight excluding hydrogens is 460 g/mol. The van der Waals surface area contributed by atoms with E-state index in [-0.39, 0.29) is 17.2 Å². The molecule has 0 saturated carbocycles. The van der Waals surface area contributed by atoms with E-state index in [1.807, 2.05) is 0 Å². The van der Waals surface area contributed by atoms with Crippen LogP contribution in [-0.4, -0.2) is 59.4 Å². The van der Waals surface area contributed by atoms with Gasteiger partial charge < -0.3 is 18.0 Å². The van der Waals surface area contributed by atoms with Crippen LogP contribution in [-0.2, 0) is 18.0 Å². The van der Waals surface area contributed by atoms with E-state index in [4.69, 9.17) is 18.0 Å². The molecule has 4 atom stereocenters. The largest absolute Gasteiger partial charge is 0.415 e. The van der Waals surface area contributed by atoms with E-state index in [2.05, 4.69) is 78.1 Å². The van der Waals surface area contributed by atoms with Crippen molar-refractivity contribution < 1.29 is 18.0 Å². The normalized spacial score (nSPS) is 25.3. The predicted molar refractivity (Wildman–Crippen MR) is 135 cm³/mol. The van der Waals surface area contributed by atoms with Gasteiger partial charge in [0.2, 0.25) is 0 Å². The molecule has 0 aliphatic carbocycles. The lowest BCUT2D eigenvalue weighted by Gasteiger charge is -2.41. The molecule has 1 aliphatic rings. The maximum atomic E-state index is 12.7. The highest BCUT2D eigenvalue weighted by Crippen LogP contribution is 2.43. The van der Waals surface area contributed by atoms with Crippen molar-refractivity contribution in [2.75, 3.05) is 6.61 Å². The van der Waals surface area contributed by atoms with E-state index in [0.717, 1.165) is 0 Å². The third-order valence-electron chi connectivity index (χ3n) is 5.82. The number of nitrogens with one attached hydrogen (secondary N) is 1. The molecule has 0 radical (unpaired) electrons. The molecule has 8 nitrogen and oxygen atoms in total. The number of ether oxygens (including phenoxy) is 1. The standard InChI is InChI=1S/C21H42N2O6Si3/c1-21(2,3)32(10,11)29-18-17(28-31(7,8)9)15(14-26-30(4,5)6)27-19(18)23-13-12-16(24)22-20(23)25/h12-13,15,17-19H,14H2,1-11H3,(H,22,24,25)/t15-,17?,18?,19-/m0/s1. The van der Waals surface area contributed by atoms with E-state index in [1.165, 1.54) is 16.8 Å². The van der Waals surface area contributed by atoms with Gasteiger partial charge in [0.25, 0.3) is 5.56 Å². The molecule has 1 saturated heterocycles. The molecule has 2 heterocycles. The molecule has 0 spiro atoms. The van der Waals surface area contributed by atoms with Crippen molar-refractivity contribution in [2.45, 2.75) is 103 Å². The molecule has 11 heteroatoms. The van der Waals surface area contributed by atoms with Gasteiger partial charge in [0.15, 0.2) is 31.2 Å². The third-order valence-corrected chi connectivity index (χ3v) is 12.3. The van der Waals surface area contributed by atoms with Gasteiger partial charge in [0.05, 0.1) is 6.61 Å². The molecular formula is C21H42N2O6Si3. The number of aromatic amines is 1. The summed E-state index contributed by atoms with van der Waals surface area (Å²) in [5.74, 6) is 0. The quantitative estimate of drug-likeness (QED) is 0.542. The van der Waals surface area contributed by atoms with E-state index in [0.29, 0.717) is 6.61 Å². The highest BCUT2D eigenvalue weighted by Gasteiger charge is 2.52. The predicted octanol–water partition coefficient (Wildman–Crippen LogP) is 3.90. The topological polar surface area (TPSA) is 91.8 Å². The summed E-state index contributed by atoms with van der Waals surface area (Å²) in [4.78, 5) is 26.7. The molecule has 0 amide bonds. The zero-order valence-corrected chi connectivity index (χ0v) is 24.6. The van der Waals surface area contributed by atoms with Crippen LogP contribution in [0.2, 0.25) is 57.4 Å². The molecule has 1 fully saturated rings. The second kappa shape index (κ2) is 9.43. The summed E-state index contributed by atoms with van der Waals surface area (Å²) >= 11 is 0. The van der Waals surface area contributed by atoms with Crippen LogP contribution >= 0.6 is 0 Å². The van der Waals surface area contributed by atoms with Crippen LogP contribution in [0.4, 0.5) is 0 Å². The van der Waals surface area contributed by atoms with Crippen LogP contribution in [0, 0.1) is 0 Å². The highest BCUT2D eigenvalue weighted by molar-refractivity contribution is 6.74. The Morgan fingerprint density at radius 3 is 2.03 bits per heavy atom. The minimum atomic E-state index is -2.24. The lowest BCUT2D eigenvalue weighted by molar-refractivity contribution is -0.0502. The lowest BCUT2D eigenvalue weighted by Crippen LogP contribution is -2.52. The minimum Gasteiger partial charge on any atom is -0.415 e. The molecule has 1 aliphatic heterocycles. The Morgan fingerprint density at radius 1 is 0.969 bits per heavy atom. The SMILES string of the molecule is CC(C)(C)[Si](C)(C)OC1C(O[Si](C)(C)C)[C@H](CO[Si](C)(C)C)O[C@@H]1n1ccc(=O)[nH]c1=O. The average Bonchev–Trinajstić information content (AvgIpc) is 2.87. The summed E-state index contributed by atoms with van der Waals surface area (Å²) in [6, 6.07) is 1.33. The molecule has 2 unspecified atom stereocenters. The number of H-pyrrole nitrogens is 1. The van der Waals surface area contributed by atoms with Crippen LogP contribution in [0.25, 0.3) is 0 Å². The second-order valence-corrected chi connectivity index (χ2v) is 25.8. The zero-order chi connectivity index (χ0) is 24.7. The Morgan fingerprint density at radius 2 is 1.56 bits per heavy atom. The first-order valence-electron chi connectivity index (χ1n) is 11.3. The van der Waals surface area contributed by atoms with Gasteiger partial charge in [-0.3, -0.25) is 14.3 Å². The number of hydrogen-bond donors (Lipinski definition) is 1. The monoisotopic (exact) mass is 502 g/mol. The van der Waals surface area contributed by atoms with Gasteiger partial charge in [0.1, 0.15) is 18.3 Å². The van der Waals surface area contributed by atoms with E-state index < -0.39 is 48.5 Å². The first-order chi connectivity index (χ1) is 14.3. The van der Waals surface area contributed by atoms with Crippen molar-refractivity contribution in [1.82, 2.24) is 9.55 Å². The maximum Gasteiger partial charge on any atom is 0.330 e. The van der Waals surface area contributed by atoms with Crippen molar-refractivity contribution in [2.24, 2.45) is 0 Å². The van der Waals surface area contributed by atoms with Crippen LogP contribution in [0.3, 0.4) is 0 Å². The summed E-state index contributed by atoms with van der Waals surface area (Å²) in [6.07, 6.45) is -0.504. The maximum absolute atomic E-state index is 12.7. The van der Waals surface area contributed by atoms with Gasteiger partial charge >= 0.3 is 5.69 Å². The minimum absolute atomic E-state index is 0.0376. The lowest BCUT2D eigenvalue weighted by atomic mass is 10.1. The summed E-state index contributed by atoms with van der Waals surface area (Å²) in [6.45, 7) is 24.0. The van der Waals surface area contributed by atoms with Gasteiger partial charge in [-0.05, 0) is 57.4 Å². The fourth-order valence-electron chi connectivity index (χ4n) is 3.22. The Labute approximate surface area is 195 Å². The Bertz CT molecular complexity index is 895. The van der Waals surface area contributed by atoms with Crippen LogP contribution in [0.15, 0.2) is 21.9 Å². The first kappa shape index (κ1) is 27.4. The Balaban J connectivity index is 2.55. The first-order valence-corrected chi connectivity index (χ1v) is 21.0. The summed E-state index contributed by atoms with van der Waals surface area (Å²) in [5, 5.41) is -0.0376. The second-order valence-electron chi connectivity index (χ2n) is 12.0. The third kappa shape index (κ3) is 7.08. The fourth-order valence-corrected chi connectivity index (χ4v) is 6.27. The summed E-state index contributed by atoms with van der Waals surface area (Å²) in [5.41, 5.74) is -0.968. The average molecular weight is 503 g/mol. The van der Waals surface area contributed by atoms with Crippen LogP contribution < -0.4 is 11.2 Å². The smallest absolute Gasteiger partial charge is 0.330 e. The molecule has 1 aromatic heterocycles. The molecule has 0 bridgehead atoms. The van der Waals surface area contributed by atoms with Gasteiger partial charge in [0, 0.05) is 12.3 Å². The van der Waals surface area contributed by atoms with Crippen molar-refractivity contribution in [3.63, 3.8) is 0 Å². The van der Waals surface area contributed by atoms with Crippen molar-refractivity contribution in [3.8, 4) is 0 Å². The molecule has 1 N–H and O–H groups in total. The van der Waals surface area contributed by atoms with E-state index in [1.54, 1.807) is 0 Å². The number of nitrogens with zero attached hydrogens (tertiary/aromatic N) is 1. The van der Waals surface area contributed by atoms with Crippen molar-refractivity contribution in [3.05, 3.63) is 33.1 Å². The molecule has 1 aromatic rings. The van der Waals surface area contributed by atoms with Gasteiger partial charge in [-0.1, -0.05) is 20.8 Å². The van der Waals surface area contributed by atoms with Crippen LogP contribution in [0.1, 0.15) is 27.0 Å². The van der Waals surface area contributed by atoms with Crippen molar-refractivity contribution in [1.29, 1.82) is 0 Å². The van der Waals surface area contributed by atoms with Crippen molar-refractivity contribution >= 4 is 25.0 Å². The van der Waals surface area contributed by atoms with Crippen LogP contribution in [0.5, 0.6) is 0 Å².